The van der Waals surface area contributed by atoms with Gasteiger partial charge in [-0.25, -0.2) is 4.98 Å². The number of hydrogen-bond acceptors (Lipinski definition) is 6. The molecule has 0 aromatic carbocycles. The fourth-order valence-corrected chi connectivity index (χ4v) is 6.01. The minimum atomic E-state index is 0.434. The molecule has 0 aliphatic carbocycles. The van der Waals surface area contributed by atoms with Gasteiger partial charge < -0.3 is 0 Å². The van der Waals surface area contributed by atoms with Crippen LogP contribution in [0.3, 0.4) is 0 Å². The summed E-state index contributed by atoms with van der Waals surface area (Å²) in [6, 6.07) is 7.90. The van der Waals surface area contributed by atoms with E-state index in [2.05, 4.69) is 55.1 Å². The molecule has 0 unspecified atom stereocenters. The van der Waals surface area contributed by atoms with E-state index in [1.54, 1.807) is 22.7 Å². The zero-order valence-corrected chi connectivity index (χ0v) is 19.9. The minimum absolute atomic E-state index is 0.434. The van der Waals surface area contributed by atoms with Gasteiger partial charge in [0.15, 0.2) is 0 Å². The molecule has 0 radical (unpaired) electrons. The van der Waals surface area contributed by atoms with Crippen molar-refractivity contribution in [2.75, 3.05) is 0 Å². The van der Waals surface area contributed by atoms with Crippen LogP contribution in [0, 0.1) is 28.4 Å². The van der Waals surface area contributed by atoms with E-state index in [4.69, 9.17) is 33.7 Å². The van der Waals surface area contributed by atoms with Crippen molar-refractivity contribution < 1.29 is 0 Å². The molecule has 0 amide bonds. The van der Waals surface area contributed by atoms with Crippen molar-refractivity contribution in [2.45, 2.75) is 0 Å². The Bertz CT molecular complexity index is 1130. The largest absolute Gasteiger partial charge is 0.254 e. The SMILES string of the molecule is N#Cc1cnc2cc(I)sc2c1Cl.N#Cc1cnc2sc(I)cc2c1Cl. The van der Waals surface area contributed by atoms with E-state index in [9.17, 15) is 0 Å². The summed E-state index contributed by atoms with van der Waals surface area (Å²) in [6.07, 6.45) is 3.02. The highest BCUT2D eigenvalue weighted by molar-refractivity contribution is 14.1. The molecule has 4 aromatic rings. The quantitative estimate of drug-likeness (QED) is 0.197. The van der Waals surface area contributed by atoms with Crippen LogP contribution in [-0.4, -0.2) is 9.97 Å². The van der Waals surface area contributed by atoms with Gasteiger partial charge in [-0.05, 0) is 57.3 Å². The summed E-state index contributed by atoms with van der Waals surface area (Å²) < 4.78 is 3.14. The average Bonchev–Trinajstić information content (AvgIpc) is 3.19. The maximum Gasteiger partial charge on any atom is 0.125 e. The van der Waals surface area contributed by atoms with Crippen LogP contribution >= 0.6 is 91.1 Å². The van der Waals surface area contributed by atoms with Crippen molar-refractivity contribution in [1.29, 1.82) is 10.5 Å². The smallest absolute Gasteiger partial charge is 0.125 e. The van der Waals surface area contributed by atoms with E-state index in [1.165, 1.54) is 12.4 Å². The van der Waals surface area contributed by atoms with Gasteiger partial charge in [-0.2, -0.15) is 10.5 Å². The molecular weight excluding hydrogens is 637 g/mol. The molecule has 4 rings (SSSR count). The Balaban J connectivity index is 0.000000151. The average molecular weight is 641 g/mol. The Labute approximate surface area is 193 Å². The zero-order chi connectivity index (χ0) is 18.8. The third-order valence-corrected chi connectivity index (χ3v) is 7.78. The number of halogens is 4. The van der Waals surface area contributed by atoms with Gasteiger partial charge in [-0.3, -0.25) is 4.98 Å². The van der Waals surface area contributed by atoms with Crippen molar-refractivity contribution in [2.24, 2.45) is 0 Å². The first kappa shape index (κ1) is 20.0. The molecule has 10 heteroatoms. The number of nitriles is 2. The van der Waals surface area contributed by atoms with Gasteiger partial charge in [-0.15, -0.1) is 22.7 Å². The summed E-state index contributed by atoms with van der Waals surface area (Å²) in [5.74, 6) is 0. The highest BCUT2D eigenvalue weighted by Crippen LogP contribution is 2.33. The van der Waals surface area contributed by atoms with Crippen molar-refractivity contribution in [3.8, 4) is 12.1 Å². The summed E-state index contributed by atoms with van der Waals surface area (Å²) in [5, 5.41) is 19.3. The highest BCUT2D eigenvalue weighted by Gasteiger charge is 2.09. The first-order valence-electron chi connectivity index (χ1n) is 6.72. The minimum Gasteiger partial charge on any atom is -0.254 e. The number of nitrogens with zero attached hydrogens (tertiary/aromatic N) is 4. The van der Waals surface area contributed by atoms with E-state index >= 15 is 0 Å². The summed E-state index contributed by atoms with van der Waals surface area (Å²) in [6.45, 7) is 0. The number of aromatic nitrogens is 2. The molecule has 0 aliphatic rings. The second-order valence-electron chi connectivity index (χ2n) is 4.73. The molecule has 0 saturated heterocycles. The molecule has 0 N–H and O–H groups in total. The molecule has 4 nitrogen and oxygen atoms in total. The van der Waals surface area contributed by atoms with E-state index in [0.717, 1.165) is 26.2 Å². The topological polar surface area (TPSA) is 73.4 Å². The Morgan fingerprint density at radius 1 is 0.885 bits per heavy atom. The van der Waals surface area contributed by atoms with E-state index in [-0.39, 0.29) is 0 Å². The normalized spacial score (nSPS) is 10.2. The molecule has 4 aromatic heterocycles. The van der Waals surface area contributed by atoms with Gasteiger partial charge in [0.25, 0.3) is 0 Å². The first-order valence-corrected chi connectivity index (χ1v) is 11.3. The van der Waals surface area contributed by atoms with Crippen LogP contribution in [0.2, 0.25) is 10.0 Å². The molecule has 0 aliphatic heterocycles. The number of thiophene rings is 2. The lowest BCUT2D eigenvalue weighted by atomic mass is 10.2. The van der Waals surface area contributed by atoms with E-state index in [1.807, 2.05) is 24.3 Å². The monoisotopic (exact) mass is 640 g/mol. The van der Waals surface area contributed by atoms with E-state index in [0.29, 0.717) is 21.2 Å². The lowest BCUT2D eigenvalue weighted by Gasteiger charge is -1.93. The molecule has 0 spiro atoms. The Hall–Kier alpha value is -0.760. The predicted octanol–water partition coefficient (Wildman–Crippen LogP) is 6.85. The third-order valence-electron chi connectivity index (χ3n) is 3.16. The fourth-order valence-electron chi connectivity index (χ4n) is 2.00. The van der Waals surface area contributed by atoms with Crippen LogP contribution < -0.4 is 0 Å². The second-order valence-corrected chi connectivity index (χ2v) is 11.4. The molecule has 0 atom stereocenters. The van der Waals surface area contributed by atoms with Crippen LogP contribution in [0.1, 0.15) is 11.1 Å². The van der Waals surface area contributed by atoms with Gasteiger partial charge in [0.05, 0.1) is 37.2 Å². The van der Waals surface area contributed by atoms with Crippen LogP contribution in [0.4, 0.5) is 0 Å². The van der Waals surface area contributed by atoms with Crippen LogP contribution in [0.25, 0.3) is 20.4 Å². The van der Waals surface area contributed by atoms with Crippen LogP contribution in [0.5, 0.6) is 0 Å². The maximum absolute atomic E-state index is 8.71. The van der Waals surface area contributed by atoms with Gasteiger partial charge in [-0.1, -0.05) is 23.2 Å². The molecule has 128 valence electrons. The Kier molecular flexibility index (Phi) is 6.54. The lowest BCUT2D eigenvalue weighted by Crippen LogP contribution is -1.79. The summed E-state index contributed by atoms with van der Waals surface area (Å²) >= 11 is 19.5. The van der Waals surface area contributed by atoms with Crippen molar-refractivity contribution >= 4 is 111 Å². The van der Waals surface area contributed by atoms with Gasteiger partial charge in [0.2, 0.25) is 0 Å². The molecule has 4 heterocycles. The van der Waals surface area contributed by atoms with Gasteiger partial charge in [0, 0.05) is 17.8 Å². The van der Waals surface area contributed by atoms with Crippen molar-refractivity contribution in [3.05, 3.63) is 51.5 Å². The number of rotatable bonds is 0. The van der Waals surface area contributed by atoms with E-state index < -0.39 is 0 Å². The van der Waals surface area contributed by atoms with Crippen molar-refractivity contribution in [1.82, 2.24) is 9.97 Å². The summed E-state index contributed by atoms with van der Waals surface area (Å²) in [7, 11) is 0. The van der Waals surface area contributed by atoms with Crippen molar-refractivity contribution in [3.63, 3.8) is 0 Å². The Morgan fingerprint density at radius 3 is 2.19 bits per heavy atom. The molecular formula is C16H4Cl2I2N4S2. The first-order chi connectivity index (χ1) is 12.4. The van der Waals surface area contributed by atoms with Crippen LogP contribution in [-0.2, 0) is 0 Å². The zero-order valence-electron chi connectivity index (χ0n) is 12.4. The standard InChI is InChI=1S/2C8H2ClIN2S/c9-7-4(2-11)3-12-5-1-6(10)13-8(5)7;9-7-4(2-11)3-12-8-5(7)1-6(10)13-8/h2*1,3H. The highest BCUT2D eigenvalue weighted by atomic mass is 127. The summed E-state index contributed by atoms with van der Waals surface area (Å²) in [5.41, 5.74) is 1.73. The second kappa shape index (κ2) is 8.50. The number of pyridine rings is 2. The molecule has 0 fully saturated rings. The Morgan fingerprint density at radius 2 is 1.50 bits per heavy atom. The molecule has 0 saturated carbocycles. The third kappa shape index (κ3) is 4.06. The summed E-state index contributed by atoms with van der Waals surface area (Å²) in [4.78, 5) is 9.16. The maximum atomic E-state index is 8.71. The fraction of sp³-hybridized carbons (Fsp3) is 0. The number of fused-ring (bicyclic) bond motifs is 2. The molecule has 26 heavy (non-hydrogen) atoms. The van der Waals surface area contributed by atoms with Crippen LogP contribution in [0.15, 0.2) is 24.5 Å². The van der Waals surface area contributed by atoms with Gasteiger partial charge >= 0.3 is 0 Å². The molecule has 0 bridgehead atoms. The lowest BCUT2D eigenvalue weighted by molar-refractivity contribution is 1.38. The number of hydrogen-bond donors (Lipinski definition) is 0. The predicted molar refractivity (Wildman–Crippen MR) is 124 cm³/mol. The van der Waals surface area contributed by atoms with Gasteiger partial charge in [0.1, 0.15) is 17.0 Å².